The second-order valence-corrected chi connectivity index (χ2v) is 7.55. The van der Waals surface area contributed by atoms with E-state index < -0.39 is 0 Å². The fourth-order valence-electron chi connectivity index (χ4n) is 4.27. The SMILES string of the molecule is Cc1cc(C)nc([C@@H]2CCN(Cc3ccccc3N3CCCC3)C2)n1. The number of hydrogen-bond acceptors (Lipinski definition) is 4. The van der Waals surface area contributed by atoms with Crippen molar-refractivity contribution in [2.24, 2.45) is 0 Å². The van der Waals surface area contributed by atoms with E-state index in [-0.39, 0.29) is 0 Å². The smallest absolute Gasteiger partial charge is 0.133 e. The lowest BCUT2D eigenvalue weighted by atomic mass is 10.1. The van der Waals surface area contributed by atoms with Crippen LogP contribution in [0, 0.1) is 13.8 Å². The second-order valence-electron chi connectivity index (χ2n) is 7.55. The van der Waals surface area contributed by atoms with Gasteiger partial charge in [0.2, 0.25) is 0 Å². The molecule has 0 bridgehead atoms. The predicted molar refractivity (Wildman–Crippen MR) is 102 cm³/mol. The maximum absolute atomic E-state index is 4.69. The zero-order valence-corrected chi connectivity index (χ0v) is 15.4. The molecule has 0 aliphatic carbocycles. The molecule has 3 heterocycles. The highest BCUT2D eigenvalue weighted by Crippen LogP contribution is 2.30. The van der Waals surface area contributed by atoms with Crippen LogP contribution in [0.15, 0.2) is 30.3 Å². The second kappa shape index (κ2) is 7.12. The molecule has 0 amide bonds. The summed E-state index contributed by atoms with van der Waals surface area (Å²) in [6, 6.07) is 11.0. The van der Waals surface area contributed by atoms with Crippen molar-refractivity contribution in [1.29, 1.82) is 0 Å². The van der Waals surface area contributed by atoms with E-state index in [2.05, 4.69) is 54.0 Å². The monoisotopic (exact) mass is 336 g/mol. The first kappa shape index (κ1) is 16.5. The molecule has 0 spiro atoms. The summed E-state index contributed by atoms with van der Waals surface area (Å²) < 4.78 is 0. The first-order valence-electron chi connectivity index (χ1n) is 9.56. The van der Waals surface area contributed by atoms with Crippen LogP contribution in [0.5, 0.6) is 0 Å². The van der Waals surface area contributed by atoms with Gasteiger partial charge in [-0.25, -0.2) is 9.97 Å². The van der Waals surface area contributed by atoms with Gasteiger partial charge in [-0.15, -0.1) is 0 Å². The van der Waals surface area contributed by atoms with E-state index in [4.69, 9.17) is 9.97 Å². The van der Waals surface area contributed by atoms with Gasteiger partial charge in [0, 0.05) is 49.2 Å². The van der Waals surface area contributed by atoms with Crippen molar-refractivity contribution >= 4 is 5.69 Å². The summed E-state index contributed by atoms with van der Waals surface area (Å²) in [4.78, 5) is 14.5. The van der Waals surface area contributed by atoms with Crippen LogP contribution in [0.4, 0.5) is 5.69 Å². The number of anilines is 1. The van der Waals surface area contributed by atoms with Crippen molar-refractivity contribution < 1.29 is 0 Å². The van der Waals surface area contributed by atoms with E-state index >= 15 is 0 Å². The molecule has 2 aromatic rings. The molecule has 0 N–H and O–H groups in total. The fraction of sp³-hybridized carbons (Fsp3) is 0.524. The number of likely N-dealkylation sites (tertiary alicyclic amines) is 1. The van der Waals surface area contributed by atoms with Gasteiger partial charge in [0.15, 0.2) is 0 Å². The van der Waals surface area contributed by atoms with Gasteiger partial charge in [0.05, 0.1) is 0 Å². The predicted octanol–water partition coefficient (Wildman–Crippen LogP) is 3.68. The van der Waals surface area contributed by atoms with Crippen molar-refractivity contribution in [2.75, 3.05) is 31.1 Å². The lowest BCUT2D eigenvalue weighted by molar-refractivity contribution is 0.326. The average molecular weight is 336 g/mol. The molecule has 2 fully saturated rings. The minimum absolute atomic E-state index is 0.470. The Morgan fingerprint density at radius 2 is 1.72 bits per heavy atom. The zero-order chi connectivity index (χ0) is 17.2. The van der Waals surface area contributed by atoms with Gasteiger partial charge in [0.1, 0.15) is 5.82 Å². The molecular formula is C21H28N4. The molecule has 0 unspecified atom stereocenters. The summed E-state index contributed by atoms with van der Waals surface area (Å²) in [5, 5.41) is 0. The summed E-state index contributed by atoms with van der Waals surface area (Å²) in [7, 11) is 0. The van der Waals surface area contributed by atoms with Crippen LogP contribution in [0.2, 0.25) is 0 Å². The number of aryl methyl sites for hydroxylation is 2. The van der Waals surface area contributed by atoms with Crippen LogP contribution in [0.1, 0.15) is 48.0 Å². The third-order valence-electron chi connectivity index (χ3n) is 5.47. The molecular weight excluding hydrogens is 308 g/mol. The van der Waals surface area contributed by atoms with Crippen LogP contribution in [-0.2, 0) is 6.54 Å². The van der Waals surface area contributed by atoms with Crippen molar-refractivity contribution in [2.45, 2.75) is 45.6 Å². The number of benzene rings is 1. The maximum atomic E-state index is 4.69. The van der Waals surface area contributed by atoms with Crippen molar-refractivity contribution in [3.8, 4) is 0 Å². The molecule has 2 aliphatic rings. The maximum Gasteiger partial charge on any atom is 0.133 e. The topological polar surface area (TPSA) is 32.3 Å². The zero-order valence-electron chi connectivity index (χ0n) is 15.4. The van der Waals surface area contributed by atoms with Crippen molar-refractivity contribution in [3.63, 3.8) is 0 Å². The third-order valence-corrected chi connectivity index (χ3v) is 5.47. The van der Waals surface area contributed by atoms with E-state index in [1.807, 2.05) is 0 Å². The molecule has 0 saturated carbocycles. The number of para-hydroxylation sites is 1. The minimum atomic E-state index is 0.470. The first-order chi connectivity index (χ1) is 12.2. The van der Waals surface area contributed by atoms with Crippen molar-refractivity contribution in [1.82, 2.24) is 14.9 Å². The van der Waals surface area contributed by atoms with E-state index in [0.717, 1.165) is 43.3 Å². The Morgan fingerprint density at radius 3 is 2.48 bits per heavy atom. The molecule has 1 atom stereocenters. The Hall–Kier alpha value is -1.94. The number of nitrogens with zero attached hydrogens (tertiary/aromatic N) is 4. The van der Waals surface area contributed by atoms with Gasteiger partial charge in [-0.3, -0.25) is 4.90 Å². The summed E-state index contributed by atoms with van der Waals surface area (Å²) in [5.41, 5.74) is 5.07. The van der Waals surface area contributed by atoms with Gasteiger partial charge in [-0.05, 0) is 57.4 Å². The summed E-state index contributed by atoms with van der Waals surface area (Å²) in [6.07, 6.45) is 3.81. The molecule has 25 heavy (non-hydrogen) atoms. The highest BCUT2D eigenvalue weighted by atomic mass is 15.2. The van der Waals surface area contributed by atoms with Gasteiger partial charge in [-0.1, -0.05) is 18.2 Å². The highest BCUT2D eigenvalue weighted by Gasteiger charge is 2.27. The molecule has 4 rings (SSSR count). The van der Waals surface area contributed by atoms with E-state index in [1.165, 1.54) is 37.2 Å². The van der Waals surface area contributed by atoms with Gasteiger partial charge in [-0.2, -0.15) is 0 Å². The standard InChI is InChI=1S/C21H28N4/c1-16-13-17(2)23-21(22-16)19-9-12-24(15-19)14-18-7-3-4-8-20(18)25-10-5-6-11-25/h3-4,7-8,13,19H,5-6,9-12,14-15H2,1-2H3/t19-/m1/s1. The van der Waals surface area contributed by atoms with Crippen LogP contribution in [0.3, 0.4) is 0 Å². The van der Waals surface area contributed by atoms with E-state index in [0.29, 0.717) is 5.92 Å². The Balaban J connectivity index is 1.46. The molecule has 132 valence electrons. The van der Waals surface area contributed by atoms with E-state index in [1.54, 1.807) is 0 Å². The molecule has 0 radical (unpaired) electrons. The Kier molecular flexibility index (Phi) is 4.71. The summed E-state index contributed by atoms with van der Waals surface area (Å²) in [5.74, 6) is 1.50. The molecule has 1 aromatic carbocycles. The number of hydrogen-bond donors (Lipinski definition) is 0. The Morgan fingerprint density at radius 1 is 1.00 bits per heavy atom. The summed E-state index contributed by atoms with van der Waals surface area (Å²) in [6.45, 7) is 9.78. The third kappa shape index (κ3) is 3.69. The van der Waals surface area contributed by atoms with Crippen LogP contribution in [-0.4, -0.2) is 41.0 Å². The molecule has 2 aliphatic heterocycles. The van der Waals surface area contributed by atoms with Gasteiger partial charge < -0.3 is 4.90 Å². The first-order valence-corrected chi connectivity index (χ1v) is 9.56. The van der Waals surface area contributed by atoms with E-state index in [9.17, 15) is 0 Å². The van der Waals surface area contributed by atoms with Crippen LogP contribution >= 0.6 is 0 Å². The molecule has 2 saturated heterocycles. The Labute approximate surface area is 150 Å². The summed E-state index contributed by atoms with van der Waals surface area (Å²) >= 11 is 0. The lowest BCUT2D eigenvalue weighted by Gasteiger charge is -2.24. The van der Waals surface area contributed by atoms with Gasteiger partial charge in [0.25, 0.3) is 0 Å². The normalized spacial score (nSPS) is 21.2. The quantitative estimate of drug-likeness (QED) is 0.852. The number of rotatable bonds is 4. The average Bonchev–Trinajstić information content (AvgIpc) is 3.26. The van der Waals surface area contributed by atoms with Crippen LogP contribution in [0.25, 0.3) is 0 Å². The van der Waals surface area contributed by atoms with Crippen LogP contribution < -0.4 is 4.90 Å². The number of aromatic nitrogens is 2. The van der Waals surface area contributed by atoms with Gasteiger partial charge >= 0.3 is 0 Å². The molecule has 4 heteroatoms. The minimum Gasteiger partial charge on any atom is -0.371 e. The molecule has 1 aromatic heterocycles. The molecule has 4 nitrogen and oxygen atoms in total. The lowest BCUT2D eigenvalue weighted by Crippen LogP contribution is -2.24. The largest absolute Gasteiger partial charge is 0.371 e. The van der Waals surface area contributed by atoms with Crippen molar-refractivity contribution in [3.05, 3.63) is 53.1 Å². The highest BCUT2D eigenvalue weighted by molar-refractivity contribution is 5.54. The Bertz CT molecular complexity index is 716. The fourth-order valence-corrected chi connectivity index (χ4v) is 4.27.